The lowest BCUT2D eigenvalue weighted by Gasteiger charge is -2.36. The van der Waals surface area contributed by atoms with Crippen LogP contribution in [0.5, 0.6) is 0 Å². The van der Waals surface area contributed by atoms with Gasteiger partial charge in [0.2, 0.25) is 0 Å². The van der Waals surface area contributed by atoms with Gasteiger partial charge in [0.1, 0.15) is 0 Å². The molecule has 0 aliphatic heterocycles. The van der Waals surface area contributed by atoms with E-state index in [4.69, 9.17) is 0 Å². The highest BCUT2D eigenvalue weighted by molar-refractivity contribution is 14.1. The number of halogens is 1. The summed E-state index contributed by atoms with van der Waals surface area (Å²) in [6, 6.07) is 8.53. The molecule has 0 saturated heterocycles. The van der Waals surface area contributed by atoms with Gasteiger partial charge in [-0.2, -0.15) is 0 Å². The fraction of sp³-hybridized carbons (Fsp3) is 0.600. The molecular weight excluding hydrogens is 323 g/mol. The minimum atomic E-state index is -0.446. The zero-order valence-electron chi connectivity index (χ0n) is 10.5. The van der Waals surface area contributed by atoms with E-state index in [2.05, 4.69) is 53.8 Å². The van der Waals surface area contributed by atoms with Gasteiger partial charge in [-0.15, -0.1) is 0 Å². The van der Waals surface area contributed by atoms with E-state index in [1.165, 1.54) is 28.4 Å². The lowest BCUT2D eigenvalue weighted by Crippen LogP contribution is -2.36. The fourth-order valence-corrected chi connectivity index (χ4v) is 3.14. The summed E-state index contributed by atoms with van der Waals surface area (Å²) in [6.07, 6.45) is 6.41. The van der Waals surface area contributed by atoms with Gasteiger partial charge in [-0.05, 0) is 71.9 Å². The Morgan fingerprint density at radius 3 is 2.35 bits per heavy atom. The summed E-state index contributed by atoms with van der Waals surface area (Å²) in [4.78, 5) is 0. The van der Waals surface area contributed by atoms with Crippen LogP contribution in [0.4, 0.5) is 0 Å². The number of aliphatic hydroxyl groups is 1. The van der Waals surface area contributed by atoms with Gasteiger partial charge in [0, 0.05) is 9.99 Å². The van der Waals surface area contributed by atoms with Crippen molar-refractivity contribution >= 4 is 22.6 Å². The maximum absolute atomic E-state index is 10.6. The Morgan fingerprint density at radius 2 is 1.82 bits per heavy atom. The van der Waals surface area contributed by atoms with Crippen LogP contribution in [-0.4, -0.2) is 10.7 Å². The van der Waals surface area contributed by atoms with Gasteiger partial charge < -0.3 is 5.11 Å². The second-order valence-corrected chi connectivity index (χ2v) is 6.62. The molecule has 1 N–H and O–H groups in total. The molecule has 0 unspecified atom stereocenters. The van der Waals surface area contributed by atoms with Crippen molar-refractivity contribution in [2.45, 2.75) is 51.0 Å². The van der Waals surface area contributed by atoms with Crippen molar-refractivity contribution in [1.29, 1.82) is 0 Å². The molecule has 0 spiro atoms. The predicted molar refractivity (Wildman–Crippen MR) is 80.1 cm³/mol. The fourth-order valence-electron chi connectivity index (χ4n) is 2.78. The van der Waals surface area contributed by atoms with E-state index in [1.54, 1.807) is 0 Å². The van der Waals surface area contributed by atoms with Gasteiger partial charge in [-0.3, -0.25) is 0 Å². The SMILES string of the molecule is CCC1CCC(O)(Cc2ccc(I)cc2)CC1. The second-order valence-electron chi connectivity index (χ2n) is 5.38. The topological polar surface area (TPSA) is 20.2 Å². The zero-order valence-corrected chi connectivity index (χ0v) is 12.6. The summed E-state index contributed by atoms with van der Waals surface area (Å²) in [5.74, 6) is 0.840. The quantitative estimate of drug-likeness (QED) is 0.817. The van der Waals surface area contributed by atoms with Gasteiger partial charge >= 0.3 is 0 Å². The molecule has 1 aromatic rings. The second kappa shape index (κ2) is 5.70. The van der Waals surface area contributed by atoms with E-state index < -0.39 is 5.60 Å². The summed E-state index contributed by atoms with van der Waals surface area (Å²) in [5, 5.41) is 10.6. The van der Waals surface area contributed by atoms with Crippen molar-refractivity contribution in [3.05, 3.63) is 33.4 Å². The van der Waals surface area contributed by atoms with Crippen molar-refractivity contribution in [3.63, 3.8) is 0 Å². The first-order chi connectivity index (χ1) is 8.11. The average Bonchev–Trinajstić information content (AvgIpc) is 2.33. The Bertz CT molecular complexity index is 350. The van der Waals surface area contributed by atoms with E-state index >= 15 is 0 Å². The molecule has 1 aromatic carbocycles. The van der Waals surface area contributed by atoms with Gasteiger partial charge in [0.15, 0.2) is 0 Å². The molecule has 1 saturated carbocycles. The van der Waals surface area contributed by atoms with Gasteiger partial charge in [0.25, 0.3) is 0 Å². The molecular formula is C15H21IO. The normalized spacial score (nSPS) is 29.2. The summed E-state index contributed by atoms with van der Waals surface area (Å²) < 4.78 is 1.26. The van der Waals surface area contributed by atoms with Gasteiger partial charge in [-0.25, -0.2) is 0 Å². The van der Waals surface area contributed by atoms with E-state index in [0.717, 1.165) is 25.2 Å². The first kappa shape index (κ1) is 13.3. The molecule has 0 amide bonds. The highest BCUT2D eigenvalue weighted by Gasteiger charge is 2.32. The third kappa shape index (κ3) is 3.68. The van der Waals surface area contributed by atoms with Crippen LogP contribution in [0, 0.1) is 9.49 Å². The summed E-state index contributed by atoms with van der Waals surface area (Å²) in [7, 11) is 0. The van der Waals surface area contributed by atoms with Crippen molar-refractivity contribution in [1.82, 2.24) is 0 Å². The largest absolute Gasteiger partial charge is 0.390 e. The molecule has 1 nitrogen and oxygen atoms in total. The highest BCUT2D eigenvalue weighted by Crippen LogP contribution is 2.35. The van der Waals surface area contributed by atoms with E-state index in [1.807, 2.05) is 0 Å². The highest BCUT2D eigenvalue weighted by atomic mass is 127. The van der Waals surface area contributed by atoms with Crippen molar-refractivity contribution < 1.29 is 5.11 Å². The van der Waals surface area contributed by atoms with E-state index in [-0.39, 0.29) is 0 Å². The van der Waals surface area contributed by atoms with Crippen LogP contribution in [0.3, 0.4) is 0 Å². The van der Waals surface area contributed by atoms with E-state index in [0.29, 0.717) is 0 Å². The van der Waals surface area contributed by atoms with E-state index in [9.17, 15) is 5.11 Å². The molecule has 0 aromatic heterocycles. The molecule has 0 atom stereocenters. The Morgan fingerprint density at radius 1 is 1.24 bits per heavy atom. The minimum Gasteiger partial charge on any atom is -0.390 e. The van der Waals surface area contributed by atoms with Crippen LogP contribution >= 0.6 is 22.6 Å². The van der Waals surface area contributed by atoms with Gasteiger partial charge in [-0.1, -0.05) is 25.5 Å². The number of hydrogen-bond donors (Lipinski definition) is 1. The third-order valence-corrected chi connectivity index (χ3v) is 4.78. The first-order valence-corrected chi connectivity index (χ1v) is 7.66. The molecule has 2 heteroatoms. The van der Waals surface area contributed by atoms with Crippen LogP contribution in [0.25, 0.3) is 0 Å². The Balaban J connectivity index is 1.96. The predicted octanol–water partition coefficient (Wildman–Crippen LogP) is 4.17. The summed E-state index contributed by atoms with van der Waals surface area (Å²) in [5.41, 5.74) is 0.821. The van der Waals surface area contributed by atoms with Crippen molar-refractivity contribution in [2.24, 2.45) is 5.92 Å². The standard InChI is InChI=1S/C15H21IO/c1-2-12-7-9-15(17,10-8-12)11-13-3-5-14(16)6-4-13/h3-6,12,17H,2,7-11H2,1H3. The Kier molecular flexibility index (Phi) is 4.47. The zero-order chi connectivity index (χ0) is 12.3. The number of hydrogen-bond acceptors (Lipinski definition) is 1. The van der Waals surface area contributed by atoms with Crippen LogP contribution < -0.4 is 0 Å². The third-order valence-electron chi connectivity index (χ3n) is 4.06. The smallest absolute Gasteiger partial charge is 0.0688 e. The van der Waals surface area contributed by atoms with Crippen molar-refractivity contribution in [2.75, 3.05) is 0 Å². The molecule has 1 aliphatic rings. The summed E-state index contributed by atoms with van der Waals surface area (Å²) in [6.45, 7) is 2.26. The molecule has 0 heterocycles. The molecule has 0 bridgehead atoms. The average molecular weight is 344 g/mol. The number of benzene rings is 1. The van der Waals surface area contributed by atoms with Crippen LogP contribution in [0.1, 0.15) is 44.6 Å². The minimum absolute atomic E-state index is 0.446. The maximum Gasteiger partial charge on any atom is 0.0688 e. The Hall–Kier alpha value is -0.0900. The van der Waals surface area contributed by atoms with Crippen LogP contribution in [-0.2, 0) is 6.42 Å². The van der Waals surface area contributed by atoms with Crippen molar-refractivity contribution in [3.8, 4) is 0 Å². The lowest BCUT2D eigenvalue weighted by molar-refractivity contribution is -0.00921. The lowest BCUT2D eigenvalue weighted by atomic mass is 9.75. The molecule has 1 aliphatic carbocycles. The molecule has 17 heavy (non-hydrogen) atoms. The monoisotopic (exact) mass is 344 g/mol. The van der Waals surface area contributed by atoms with Crippen LogP contribution in [0.2, 0.25) is 0 Å². The molecule has 0 radical (unpaired) electrons. The summed E-state index contributed by atoms with van der Waals surface area (Å²) >= 11 is 2.32. The van der Waals surface area contributed by atoms with Crippen LogP contribution in [0.15, 0.2) is 24.3 Å². The number of rotatable bonds is 3. The molecule has 1 fully saturated rings. The Labute approximate surface area is 118 Å². The van der Waals surface area contributed by atoms with Gasteiger partial charge in [0.05, 0.1) is 5.60 Å². The molecule has 94 valence electrons. The first-order valence-electron chi connectivity index (χ1n) is 6.58. The maximum atomic E-state index is 10.6. The molecule has 2 rings (SSSR count).